The van der Waals surface area contributed by atoms with Crippen LogP contribution < -0.4 is 0 Å². The second kappa shape index (κ2) is 11.8. The van der Waals surface area contributed by atoms with Gasteiger partial charge in [-0.1, -0.05) is 95.2 Å². The Labute approximate surface area is 245 Å². The van der Waals surface area contributed by atoms with Gasteiger partial charge < -0.3 is 9.47 Å². The van der Waals surface area contributed by atoms with E-state index in [1.807, 2.05) is 0 Å². The molecule has 0 bridgehead atoms. The van der Waals surface area contributed by atoms with Gasteiger partial charge in [0, 0.05) is 0 Å². The lowest BCUT2D eigenvalue weighted by molar-refractivity contribution is -0.0305. The van der Waals surface area contributed by atoms with E-state index in [1.165, 1.54) is 0 Å². The summed E-state index contributed by atoms with van der Waals surface area (Å²) in [6.45, 7) is 27.4. The van der Waals surface area contributed by atoms with Crippen LogP contribution in [0.2, 0.25) is 0 Å². The quantitative estimate of drug-likeness (QED) is 0.348. The predicted octanol–water partition coefficient (Wildman–Crippen LogP) is 9.75. The normalized spacial score (nSPS) is 28.6. The molecule has 3 rings (SSSR count). The highest BCUT2D eigenvalue weighted by Crippen LogP contribution is 2.48. The third kappa shape index (κ3) is 8.35. The summed E-state index contributed by atoms with van der Waals surface area (Å²) >= 11 is 0. The van der Waals surface area contributed by atoms with E-state index < -0.39 is 11.9 Å². The summed E-state index contributed by atoms with van der Waals surface area (Å²) < 4.78 is 12.4. The number of benzene rings is 1. The van der Waals surface area contributed by atoms with Crippen molar-refractivity contribution in [2.24, 2.45) is 45.3 Å². The zero-order valence-corrected chi connectivity index (χ0v) is 27.6. The van der Waals surface area contributed by atoms with Gasteiger partial charge >= 0.3 is 11.9 Å². The molecule has 4 atom stereocenters. The van der Waals surface area contributed by atoms with Crippen LogP contribution in [0.1, 0.15) is 142 Å². The maximum absolute atomic E-state index is 13.6. The Morgan fingerprint density at radius 1 is 0.500 bits per heavy atom. The van der Waals surface area contributed by atoms with Gasteiger partial charge in [-0.15, -0.1) is 0 Å². The fourth-order valence-electron chi connectivity index (χ4n) is 6.82. The van der Waals surface area contributed by atoms with Crippen molar-refractivity contribution in [3.63, 3.8) is 0 Å². The predicted molar refractivity (Wildman–Crippen MR) is 164 cm³/mol. The largest absolute Gasteiger partial charge is 0.459 e. The number of carbonyl (C=O) groups excluding carboxylic acids is 2. The van der Waals surface area contributed by atoms with Gasteiger partial charge in [0.05, 0.1) is 11.1 Å². The van der Waals surface area contributed by atoms with Gasteiger partial charge in [0.2, 0.25) is 0 Å². The fourth-order valence-corrected chi connectivity index (χ4v) is 6.82. The Hall–Kier alpha value is -1.84. The Morgan fingerprint density at radius 2 is 0.750 bits per heavy atom. The zero-order chi connectivity index (χ0) is 30.3. The standard InChI is InChI=1S/C36H58O4/c1-33(2,3)23-17-24(34(4,5)6)20-27(19-23)39-31(37)29-15-13-14-16-30(29)32(38)40-28-21-25(35(7,8)9)18-26(22-28)36(10,11)12/h13-16,23-28H,17-22H2,1-12H3. The first-order chi connectivity index (χ1) is 18.2. The molecule has 0 aliphatic heterocycles. The molecule has 40 heavy (non-hydrogen) atoms. The van der Waals surface area contributed by atoms with Crippen molar-refractivity contribution < 1.29 is 19.1 Å². The molecule has 2 aliphatic carbocycles. The maximum atomic E-state index is 13.6. The fraction of sp³-hybridized carbons (Fsp3) is 0.778. The number of rotatable bonds is 4. The average molecular weight is 555 g/mol. The van der Waals surface area contributed by atoms with Gasteiger partial charge in [-0.05, 0) is 96.0 Å². The van der Waals surface area contributed by atoms with Crippen LogP contribution in [0.5, 0.6) is 0 Å². The highest BCUT2D eigenvalue weighted by Gasteiger charge is 2.42. The Balaban J connectivity index is 1.78. The minimum atomic E-state index is -0.413. The average Bonchev–Trinajstić information content (AvgIpc) is 2.81. The van der Waals surface area contributed by atoms with Crippen LogP contribution in [0, 0.1) is 45.3 Å². The lowest BCUT2D eigenvalue weighted by Gasteiger charge is -2.45. The number of esters is 2. The van der Waals surface area contributed by atoms with Crippen molar-refractivity contribution in [2.45, 2.75) is 134 Å². The van der Waals surface area contributed by atoms with Crippen LogP contribution >= 0.6 is 0 Å². The molecule has 1 aromatic rings. The second-order valence-electron chi connectivity index (χ2n) is 17.3. The highest BCUT2D eigenvalue weighted by atomic mass is 16.6. The molecule has 0 saturated heterocycles. The Bertz CT molecular complexity index is 900. The van der Waals surface area contributed by atoms with Crippen molar-refractivity contribution >= 4 is 11.9 Å². The molecule has 2 fully saturated rings. The van der Waals surface area contributed by atoms with E-state index in [0.717, 1.165) is 38.5 Å². The molecular weight excluding hydrogens is 496 g/mol. The molecule has 0 radical (unpaired) electrons. The van der Waals surface area contributed by atoms with E-state index in [-0.39, 0.29) is 33.9 Å². The maximum Gasteiger partial charge on any atom is 0.339 e. The minimum Gasteiger partial charge on any atom is -0.459 e. The lowest BCUT2D eigenvalue weighted by atomic mass is 9.62. The Kier molecular flexibility index (Phi) is 9.64. The molecule has 0 amide bonds. The molecule has 0 N–H and O–H groups in total. The summed E-state index contributed by atoms with van der Waals surface area (Å²) in [5.74, 6) is 1.07. The van der Waals surface area contributed by atoms with Crippen molar-refractivity contribution in [1.29, 1.82) is 0 Å². The summed E-state index contributed by atoms with van der Waals surface area (Å²) in [5, 5.41) is 0. The summed E-state index contributed by atoms with van der Waals surface area (Å²) in [6, 6.07) is 7.02. The van der Waals surface area contributed by atoms with Gasteiger partial charge in [-0.25, -0.2) is 9.59 Å². The first kappa shape index (κ1) is 32.7. The van der Waals surface area contributed by atoms with E-state index in [1.54, 1.807) is 24.3 Å². The number of hydrogen-bond donors (Lipinski definition) is 0. The van der Waals surface area contributed by atoms with Crippen LogP contribution in [0.25, 0.3) is 0 Å². The summed E-state index contributed by atoms with van der Waals surface area (Å²) in [7, 11) is 0. The van der Waals surface area contributed by atoms with Gasteiger partial charge in [0.15, 0.2) is 0 Å². The highest BCUT2D eigenvalue weighted by molar-refractivity contribution is 6.03. The van der Waals surface area contributed by atoms with E-state index in [0.29, 0.717) is 34.8 Å². The smallest absolute Gasteiger partial charge is 0.339 e. The van der Waals surface area contributed by atoms with Crippen molar-refractivity contribution in [2.75, 3.05) is 0 Å². The number of carbonyl (C=O) groups is 2. The topological polar surface area (TPSA) is 52.6 Å². The van der Waals surface area contributed by atoms with Crippen LogP contribution in [-0.2, 0) is 9.47 Å². The van der Waals surface area contributed by atoms with Crippen LogP contribution in [-0.4, -0.2) is 24.1 Å². The molecule has 0 heterocycles. The monoisotopic (exact) mass is 554 g/mol. The lowest BCUT2D eigenvalue weighted by Crippen LogP contribution is -2.40. The molecule has 0 aromatic heterocycles. The van der Waals surface area contributed by atoms with Crippen LogP contribution in [0.4, 0.5) is 0 Å². The molecule has 2 saturated carbocycles. The molecule has 0 spiro atoms. The van der Waals surface area contributed by atoms with Crippen molar-refractivity contribution in [3.8, 4) is 0 Å². The van der Waals surface area contributed by atoms with Gasteiger partial charge in [-0.2, -0.15) is 0 Å². The third-order valence-corrected chi connectivity index (χ3v) is 10.1. The van der Waals surface area contributed by atoms with E-state index in [9.17, 15) is 9.59 Å². The Morgan fingerprint density at radius 3 is 0.975 bits per heavy atom. The molecular formula is C36H58O4. The first-order valence-corrected chi connectivity index (χ1v) is 15.7. The number of hydrogen-bond acceptors (Lipinski definition) is 4. The van der Waals surface area contributed by atoms with Gasteiger partial charge in [-0.3, -0.25) is 0 Å². The van der Waals surface area contributed by atoms with Gasteiger partial charge in [0.25, 0.3) is 0 Å². The molecule has 2 aliphatic rings. The SMILES string of the molecule is CC(C)(C)C1CC(OC(=O)c2ccccc2C(=O)OC2CC(C(C)(C)C)CC(C(C)(C)C)C2)CC(C(C)(C)C)C1. The minimum absolute atomic E-state index is 0.145. The first-order valence-electron chi connectivity index (χ1n) is 15.7. The molecule has 1 aromatic carbocycles. The van der Waals surface area contributed by atoms with Crippen molar-refractivity contribution in [3.05, 3.63) is 35.4 Å². The van der Waals surface area contributed by atoms with Gasteiger partial charge in [0.1, 0.15) is 12.2 Å². The third-order valence-electron chi connectivity index (χ3n) is 10.1. The molecule has 4 nitrogen and oxygen atoms in total. The number of ether oxygens (including phenoxy) is 2. The molecule has 4 heteroatoms. The summed E-state index contributed by atoms with van der Waals surface area (Å²) in [4.78, 5) is 27.2. The summed E-state index contributed by atoms with van der Waals surface area (Å²) in [5.41, 5.74) is 1.21. The summed E-state index contributed by atoms with van der Waals surface area (Å²) in [6.07, 6.45) is 5.43. The van der Waals surface area contributed by atoms with E-state index in [4.69, 9.17) is 9.47 Å². The molecule has 226 valence electrons. The second-order valence-corrected chi connectivity index (χ2v) is 17.3. The van der Waals surface area contributed by atoms with Crippen molar-refractivity contribution in [1.82, 2.24) is 0 Å². The van der Waals surface area contributed by atoms with E-state index in [2.05, 4.69) is 83.1 Å². The molecule has 4 unspecified atom stereocenters. The van der Waals surface area contributed by atoms with Crippen LogP contribution in [0.15, 0.2) is 24.3 Å². The zero-order valence-electron chi connectivity index (χ0n) is 27.6. The van der Waals surface area contributed by atoms with Crippen LogP contribution in [0.3, 0.4) is 0 Å². The van der Waals surface area contributed by atoms with E-state index >= 15 is 0 Å².